The van der Waals surface area contributed by atoms with E-state index in [9.17, 15) is 0 Å². The summed E-state index contributed by atoms with van der Waals surface area (Å²) in [5.41, 5.74) is 25.4. The standard InChI is InChI=1S/C47H66N2/c1-3-5-7-16-20-42-34-38(22-28-44(42)36-40-24-30-46(48)31-25-40)18-14-12-10-9-11-13-15-19-39-23-29-45(37-41-26-32-47(49)33-27-41)43(35-39)21-17-8-6-4-2/h22-35H,3-21,36-37,48-49H2,1-2H3. The molecule has 4 aromatic rings. The lowest BCUT2D eigenvalue weighted by Crippen LogP contribution is -1.99. The van der Waals surface area contributed by atoms with E-state index in [1.807, 2.05) is 24.3 Å². The zero-order chi connectivity index (χ0) is 34.5. The lowest BCUT2D eigenvalue weighted by molar-refractivity contribution is 0.578. The van der Waals surface area contributed by atoms with Crippen LogP contribution in [-0.2, 0) is 38.5 Å². The first-order valence-electron chi connectivity index (χ1n) is 19.9. The fourth-order valence-electron chi connectivity index (χ4n) is 7.22. The highest BCUT2D eigenvalue weighted by molar-refractivity contribution is 5.43. The van der Waals surface area contributed by atoms with Crippen molar-refractivity contribution in [3.8, 4) is 0 Å². The summed E-state index contributed by atoms with van der Waals surface area (Å²) in [5, 5.41) is 0. The Labute approximate surface area is 300 Å². The van der Waals surface area contributed by atoms with E-state index in [1.54, 1.807) is 11.1 Å². The first-order chi connectivity index (χ1) is 24.0. The average Bonchev–Trinajstić information content (AvgIpc) is 3.11. The van der Waals surface area contributed by atoms with Crippen molar-refractivity contribution < 1.29 is 0 Å². The Balaban J connectivity index is 1.17. The van der Waals surface area contributed by atoms with Crippen LogP contribution in [0.1, 0.15) is 155 Å². The van der Waals surface area contributed by atoms with Gasteiger partial charge in [-0.3, -0.25) is 0 Å². The molecular formula is C47H66N2. The second-order valence-electron chi connectivity index (χ2n) is 14.6. The second kappa shape index (κ2) is 22.2. The van der Waals surface area contributed by atoms with Crippen LogP contribution in [0.3, 0.4) is 0 Å². The summed E-state index contributed by atoms with van der Waals surface area (Å²) in [6.45, 7) is 4.59. The van der Waals surface area contributed by atoms with E-state index in [1.165, 1.54) is 155 Å². The largest absolute Gasteiger partial charge is 0.399 e. The van der Waals surface area contributed by atoms with Gasteiger partial charge in [-0.25, -0.2) is 0 Å². The van der Waals surface area contributed by atoms with Crippen molar-refractivity contribution >= 4 is 11.4 Å². The van der Waals surface area contributed by atoms with Gasteiger partial charge in [0.05, 0.1) is 0 Å². The van der Waals surface area contributed by atoms with Crippen molar-refractivity contribution in [3.63, 3.8) is 0 Å². The molecule has 0 radical (unpaired) electrons. The van der Waals surface area contributed by atoms with Crippen molar-refractivity contribution in [1.29, 1.82) is 0 Å². The molecular weight excluding hydrogens is 593 g/mol. The highest BCUT2D eigenvalue weighted by Crippen LogP contribution is 2.23. The second-order valence-corrected chi connectivity index (χ2v) is 14.6. The van der Waals surface area contributed by atoms with Gasteiger partial charge in [0, 0.05) is 11.4 Å². The smallest absolute Gasteiger partial charge is 0.0314 e. The third kappa shape index (κ3) is 14.5. The van der Waals surface area contributed by atoms with Crippen molar-refractivity contribution in [2.75, 3.05) is 11.5 Å². The number of aryl methyl sites for hydroxylation is 4. The highest BCUT2D eigenvalue weighted by Gasteiger charge is 2.08. The van der Waals surface area contributed by atoms with Crippen LogP contribution in [0.25, 0.3) is 0 Å². The molecule has 0 atom stereocenters. The molecule has 4 rings (SSSR count). The molecule has 49 heavy (non-hydrogen) atoms. The Hall–Kier alpha value is -3.52. The summed E-state index contributed by atoms with van der Waals surface area (Å²) in [7, 11) is 0. The maximum atomic E-state index is 5.93. The molecule has 4 N–H and O–H groups in total. The van der Waals surface area contributed by atoms with E-state index in [4.69, 9.17) is 11.5 Å². The van der Waals surface area contributed by atoms with Gasteiger partial charge in [-0.05, 0) is 133 Å². The topological polar surface area (TPSA) is 52.0 Å². The minimum absolute atomic E-state index is 0.841. The zero-order valence-corrected chi connectivity index (χ0v) is 31.1. The lowest BCUT2D eigenvalue weighted by Gasteiger charge is -2.13. The number of nitrogens with two attached hydrogens (primary N) is 2. The van der Waals surface area contributed by atoms with Crippen LogP contribution in [-0.4, -0.2) is 0 Å². The molecule has 2 heteroatoms. The molecule has 0 unspecified atom stereocenters. The van der Waals surface area contributed by atoms with Crippen LogP contribution < -0.4 is 11.5 Å². The monoisotopic (exact) mass is 659 g/mol. The Morgan fingerprint density at radius 1 is 0.327 bits per heavy atom. The summed E-state index contributed by atoms with van der Waals surface area (Å²) in [6.07, 6.45) is 26.7. The third-order valence-electron chi connectivity index (χ3n) is 10.3. The van der Waals surface area contributed by atoms with Crippen LogP contribution in [0, 0.1) is 0 Å². The van der Waals surface area contributed by atoms with E-state index in [-0.39, 0.29) is 0 Å². The molecule has 0 fully saturated rings. The Bertz CT molecular complexity index is 1350. The molecule has 264 valence electrons. The Morgan fingerprint density at radius 2 is 0.653 bits per heavy atom. The molecule has 0 spiro atoms. The van der Waals surface area contributed by atoms with Crippen LogP contribution in [0.15, 0.2) is 84.9 Å². The number of unbranched alkanes of at least 4 members (excludes halogenated alkanes) is 12. The number of benzene rings is 4. The molecule has 0 aliphatic rings. The van der Waals surface area contributed by atoms with Crippen molar-refractivity contribution in [3.05, 3.63) is 129 Å². The molecule has 0 amide bonds. The summed E-state index contributed by atoms with van der Waals surface area (Å²) in [5.74, 6) is 0. The third-order valence-corrected chi connectivity index (χ3v) is 10.3. The molecule has 0 saturated heterocycles. The van der Waals surface area contributed by atoms with E-state index in [0.29, 0.717) is 0 Å². The van der Waals surface area contributed by atoms with Gasteiger partial charge in [-0.2, -0.15) is 0 Å². The first kappa shape index (κ1) is 38.3. The van der Waals surface area contributed by atoms with Crippen LogP contribution >= 0.6 is 0 Å². The number of rotatable bonds is 24. The van der Waals surface area contributed by atoms with Gasteiger partial charge in [-0.15, -0.1) is 0 Å². The minimum Gasteiger partial charge on any atom is -0.399 e. The van der Waals surface area contributed by atoms with Gasteiger partial charge in [0.15, 0.2) is 0 Å². The Kier molecular flexibility index (Phi) is 17.4. The number of hydrogen-bond acceptors (Lipinski definition) is 2. The maximum Gasteiger partial charge on any atom is 0.0314 e. The van der Waals surface area contributed by atoms with Gasteiger partial charge in [-0.1, -0.05) is 145 Å². The maximum absolute atomic E-state index is 5.93. The van der Waals surface area contributed by atoms with Gasteiger partial charge in [0.2, 0.25) is 0 Å². The van der Waals surface area contributed by atoms with Gasteiger partial charge in [0.1, 0.15) is 0 Å². The molecule has 4 aromatic carbocycles. The van der Waals surface area contributed by atoms with E-state index in [0.717, 1.165) is 24.2 Å². The van der Waals surface area contributed by atoms with Crippen molar-refractivity contribution in [2.45, 2.75) is 149 Å². The first-order valence-corrected chi connectivity index (χ1v) is 19.9. The summed E-state index contributed by atoms with van der Waals surface area (Å²) in [6, 6.07) is 31.5. The summed E-state index contributed by atoms with van der Waals surface area (Å²) < 4.78 is 0. The lowest BCUT2D eigenvalue weighted by atomic mass is 9.92. The highest BCUT2D eigenvalue weighted by atomic mass is 14.5. The SMILES string of the molecule is CCCCCCc1cc(CCCCCCCCCc2ccc(Cc3ccc(N)cc3)c(CCCCCC)c2)ccc1Cc1ccc(N)cc1. The normalized spacial score (nSPS) is 11.3. The summed E-state index contributed by atoms with van der Waals surface area (Å²) in [4.78, 5) is 0. The van der Waals surface area contributed by atoms with E-state index < -0.39 is 0 Å². The van der Waals surface area contributed by atoms with Crippen LogP contribution in [0.4, 0.5) is 11.4 Å². The van der Waals surface area contributed by atoms with Crippen LogP contribution in [0.2, 0.25) is 0 Å². The Morgan fingerprint density at radius 3 is 1.04 bits per heavy atom. The molecule has 0 aliphatic carbocycles. The quantitative estimate of drug-likeness (QED) is 0.0581. The van der Waals surface area contributed by atoms with Crippen molar-refractivity contribution in [2.24, 2.45) is 0 Å². The minimum atomic E-state index is 0.841. The summed E-state index contributed by atoms with van der Waals surface area (Å²) >= 11 is 0. The molecule has 0 saturated carbocycles. The molecule has 0 aromatic heterocycles. The molecule has 0 aliphatic heterocycles. The van der Waals surface area contributed by atoms with Crippen LogP contribution in [0.5, 0.6) is 0 Å². The van der Waals surface area contributed by atoms with Gasteiger partial charge >= 0.3 is 0 Å². The predicted molar refractivity (Wildman–Crippen MR) is 216 cm³/mol. The predicted octanol–water partition coefficient (Wildman–Crippen LogP) is 12.8. The van der Waals surface area contributed by atoms with Gasteiger partial charge in [0.25, 0.3) is 0 Å². The average molecular weight is 659 g/mol. The fraction of sp³-hybridized carbons (Fsp3) is 0.489. The number of anilines is 2. The molecule has 2 nitrogen and oxygen atoms in total. The molecule has 0 heterocycles. The number of nitrogen functional groups attached to an aromatic ring is 2. The fourth-order valence-corrected chi connectivity index (χ4v) is 7.22. The van der Waals surface area contributed by atoms with Crippen molar-refractivity contribution in [1.82, 2.24) is 0 Å². The molecule has 0 bridgehead atoms. The van der Waals surface area contributed by atoms with Gasteiger partial charge < -0.3 is 11.5 Å². The van der Waals surface area contributed by atoms with E-state index in [2.05, 4.69) is 74.5 Å². The zero-order valence-electron chi connectivity index (χ0n) is 31.1. The van der Waals surface area contributed by atoms with E-state index >= 15 is 0 Å². The number of hydrogen-bond donors (Lipinski definition) is 2.